The molecule has 3 atom stereocenters. The molecule has 37 heavy (non-hydrogen) atoms. The number of nitrogens with one attached hydrogen (secondary N) is 1. The first kappa shape index (κ1) is 26.8. The van der Waals surface area contributed by atoms with Crippen molar-refractivity contribution >= 4 is 12.0 Å². The molecule has 3 N–H and O–H groups in total. The van der Waals surface area contributed by atoms with Crippen LogP contribution in [0.4, 0.5) is 13.2 Å². The van der Waals surface area contributed by atoms with Crippen LogP contribution in [-0.4, -0.2) is 58.7 Å². The second-order valence-electron chi connectivity index (χ2n) is 9.84. The molecule has 9 heteroatoms. The van der Waals surface area contributed by atoms with Crippen LogP contribution in [0, 0.1) is 0 Å². The summed E-state index contributed by atoms with van der Waals surface area (Å²) in [4.78, 5) is 14.9. The summed E-state index contributed by atoms with van der Waals surface area (Å²) < 4.78 is 41.4. The number of amides is 1. The average molecular weight is 517 g/mol. The van der Waals surface area contributed by atoms with Crippen LogP contribution in [0.5, 0.6) is 11.5 Å². The lowest BCUT2D eigenvalue weighted by Crippen LogP contribution is -2.67. The van der Waals surface area contributed by atoms with Crippen LogP contribution < -0.4 is 10.1 Å². The molecule has 0 bridgehead atoms. The van der Waals surface area contributed by atoms with E-state index in [1.54, 1.807) is 24.3 Å². The summed E-state index contributed by atoms with van der Waals surface area (Å²) in [6, 6.07) is 12.1. The van der Waals surface area contributed by atoms with Gasteiger partial charge in [-0.05, 0) is 73.7 Å². The number of β-amino-alcohol motifs (C(OH)–C–C–N with tert-alkyl or cyclic N) is 1. The fourth-order valence-corrected chi connectivity index (χ4v) is 5.76. The molecule has 3 unspecified atom stereocenters. The molecule has 2 aliphatic rings. The molecule has 1 saturated carbocycles. The van der Waals surface area contributed by atoms with Crippen LogP contribution in [-0.2, 0) is 10.2 Å². The van der Waals surface area contributed by atoms with Gasteiger partial charge in [0.2, 0.25) is 5.91 Å². The van der Waals surface area contributed by atoms with Crippen molar-refractivity contribution in [1.29, 1.82) is 0 Å². The first-order chi connectivity index (χ1) is 17.5. The number of nitrogens with zero attached hydrogens (tertiary/aromatic N) is 1. The first-order valence-corrected chi connectivity index (χ1v) is 12.2. The molecule has 1 heterocycles. The molecule has 1 aliphatic heterocycles. The van der Waals surface area contributed by atoms with Gasteiger partial charge in [0.1, 0.15) is 11.5 Å². The van der Waals surface area contributed by atoms with Crippen LogP contribution in [0.15, 0.2) is 67.3 Å². The molecule has 0 radical (unpaired) electrons. The number of likely N-dealkylation sites (tertiary alicyclic amines) is 1. The minimum Gasteiger partial charge on any atom is -0.508 e. The molecule has 6 nitrogen and oxygen atoms in total. The van der Waals surface area contributed by atoms with Crippen LogP contribution in [0.3, 0.4) is 0 Å². The second kappa shape index (κ2) is 10.6. The number of rotatable bonds is 7. The minimum absolute atomic E-state index is 0.119. The molecule has 0 aromatic heterocycles. The maximum absolute atomic E-state index is 12.7. The number of carbonyl (C=O) groups is 1. The topological polar surface area (TPSA) is 82.0 Å². The van der Waals surface area contributed by atoms with E-state index in [4.69, 9.17) is 0 Å². The molecule has 1 saturated heterocycles. The predicted molar refractivity (Wildman–Crippen MR) is 134 cm³/mol. The molecule has 2 fully saturated rings. The molecule has 0 spiro atoms. The zero-order valence-electron chi connectivity index (χ0n) is 20.4. The van der Waals surface area contributed by atoms with Crippen molar-refractivity contribution in [3.8, 4) is 11.5 Å². The largest absolute Gasteiger partial charge is 0.573 e. The van der Waals surface area contributed by atoms with Crippen molar-refractivity contribution in [1.82, 2.24) is 10.2 Å². The van der Waals surface area contributed by atoms with Gasteiger partial charge in [0, 0.05) is 30.6 Å². The van der Waals surface area contributed by atoms with Crippen molar-refractivity contribution in [2.75, 3.05) is 19.6 Å². The van der Waals surface area contributed by atoms with Gasteiger partial charge in [-0.25, -0.2) is 0 Å². The molecular weight excluding hydrogens is 485 g/mol. The van der Waals surface area contributed by atoms with E-state index in [0.29, 0.717) is 44.3 Å². The Labute approximate surface area is 214 Å². The Kier molecular flexibility index (Phi) is 7.66. The highest BCUT2D eigenvalue weighted by molar-refractivity contribution is 5.92. The van der Waals surface area contributed by atoms with Gasteiger partial charge in [-0.1, -0.05) is 30.3 Å². The Morgan fingerprint density at radius 1 is 1.22 bits per heavy atom. The maximum Gasteiger partial charge on any atom is 0.573 e. The van der Waals surface area contributed by atoms with Crippen LogP contribution in [0.2, 0.25) is 0 Å². The van der Waals surface area contributed by atoms with E-state index in [1.807, 2.05) is 12.1 Å². The number of fused-ring (bicyclic) bond motifs is 1. The normalized spacial score (nSPS) is 26.4. The molecule has 2 aromatic carbocycles. The summed E-state index contributed by atoms with van der Waals surface area (Å²) in [7, 11) is 0. The highest BCUT2D eigenvalue weighted by Gasteiger charge is 2.57. The third-order valence-corrected chi connectivity index (χ3v) is 7.38. The van der Waals surface area contributed by atoms with E-state index >= 15 is 0 Å². The summed E-state index contributed by atoms with van der Waals surface area (Å²) in [6.07, 6.45) is 1.88. The monoisotopic (exact) mass is 516 g/mol. The number of halogens is 3. The van der Waals surface area contributed by atoms with E-state index in [-0.39, 0.29) is 23.4 Å². The van der Waals surface area contributed by atoms with Gasteiger partial charge in [0.25, 0.3) is 0 Å². The smallest absolute Gasteiger partial charge is 0.508 e. The molecule has 1 aliphatic carbocycles. The summed E-state index contributed by atoms with van der Waals surface area (Å²) in [5.74, 6) is -0.626. The zero-order chi connectivity index (χ0) is 26.7. The molecule has 2 aromatic rings. The van der Waals surface area contributed by atoms with Gasteiger partial charge in [-0.2, -0.15) is 0 Å². The van der Waals surface area contributed by atoms with Gasteiger partial charge in [-0.3, -0.25) is 9.69 Å². The van der Waals surface area contributed by atoms with Crippen LogP contribution in [0.25, 0.3) is 6.08 Å². The summed E-state index contributed by atoms with van der Waals surface area (Å²) >= 11 is 0. The van der Waals surface area contributed by atoms with Gasteiger partial charge in [-0.15, -0.1) is 19.8 Å². The number of piperidine rings is 1. The first-order valence-electron chi connectivity index (χ1n) is 12.2. The summed E-state index contributed by atoms with van der Waals surface area (Å²) in [5.41, 5.74) is -0.477. The SMILES string of the molecule is C=CCN1CCC2(c3cccc(O)c3)CC(NC(=O)/C=C/c3cccc(OC(F)(F)F)c3)CCC2(O)C1. The molecule has 198 valence electrons. The molecular formula is C28H31F3N2O4. The Morgan fingerprint density at radius 2 is 2.00 bits per heavy atom. The number of phenols is 1. The number of hydrogen-bond acceptors (Lipinski definition) is 5. The van der Waals surface area contributed by atoms with Crippen molar-refractivity contribution in [3.63, 3.8) is 0 Å². The maximum atomic E-state index is 12.7. The van der Waals surface area contributed by atoms with E-state index in [0.717, 1.165) is 12.1 Å². The van der Waals surface area contributed by atoms with Crippen molar-refractivity contribution < 1.29 is 32.9 Å². The lowest BCUT2D eigenvalue weighted by molar-refractivity contribution is -0.274. The van der Waals surface area contributed by atoms with E-state index in [2.05, 4.69) is 21.5 Å². The van der Waals surface area contributed by atoms with Crippen LogP contribution >= 0.6 is 0 Å². The standard InChI is InChI=1S/C28H31F3N2O4/c1-2-14-33-15-13-26(21-6-4-7-23(34)17-21)18-22(11-12-27(26,36)19-33)32-25(35)10-9-20-5-3-8-24(16-20)37-28(29,30)31/h2-10,16-17,22,34,36H,1,11-15,18-19H2,(H,32,35)/b10-9+. The second-order valence-corrected chi connectivity index (χ2v) is 9.84. The average Bonchev–Trinajstić information content (AvgIpc) is 2.82. The fraction of sp³-hybridized carbons (Fsp3) is 0.393. The minimum atomic E-state index is -4.80. The Bertz CT molecular complexity index is 1170. The zero-order valence-corrected chi connectivity index (χ0v) is 20.4. The molecule has 4 rings (SSSR count). The van der Waals surface area contributed by atoms with Gasteiger partial charge in [0.05, 0.1) is 5.60 Å². The van der Waals surface area contributed by atoms with Crippen molar-refractivity contribution in [2.45, 2.75) is 49.1 Å². The van der Waals surface area contributed by atoms with Gasteiger partial charge < -0.3 is 20.3 Å². The lowest BCUT2D eigenvalue weighted by atomic mass is 9.55. The number of benzene rings is 2. The summed E-state index contributed by atoms with van der Waals surface area (Å²) in [6.45, 7) is 5.67. The number of phenolic OH excluding ortho intramolecular Hbond substituents is 1. The number of alkyl halides is 3. The Hall–Kier alpha value is -3.30. The van der Waals surface area contributed by atoms with Gasteiger partial charge in [0.15, 0.2) is 0 Å². The number of hydrogen-bond donors (Lipinski definition) is 3. The highest BCUT2D eigenvalue weighted by Crippen LogP contribution is 2.52. The van der Waals surface area contributed by atoms with E-state index in [1.165, 1.54) is 30.4 Å². The quantitative estimate of drug-likeness (QED) is 0.372. The number of ether oxygens (including phenoxy) is 1. The van der Waals surface area contributed by atoms with E-state index < -0.39 is 17.4 Å². The van der Waals surface area contributed by atoms with Crippen LogP contribution in [0.1, 0.15) is 36.8 Å². The third-order valence-electron chi connectivity index (χ3n) is 7.38. The van der Waals surface area contributed by atoms with Crippen molar-refractivity contribution in [3.05, 3.63) is 78.4 Å². The Balaban J connectivity index is 1.50. The van der Waals surface area contributed by atoms with Crippen molar-refractivity contribution in [2.24, 2.45) is 0 Å². The number of aliphatic hydroxyl groups is 1. The third kappa shape index (κ3) is 6.17. The predicted octanol–water partition coefficient (Wildman–Crippen LogP) is 4.53. The molecule has 1 amide bonds. The van der Waals surface area contributed by atoms with E-state index in [9.17, 15) is 28.2 Å². The summed E-state index contributed by atoms with van der Waals surface area (Å²) in [5, 5.41) is 25.1. The highest BCUT2D eigenvalue weighted by atomic mass is 19.4. The van der Waals surface area contributed by atoms with Gasteiger partial charge >= 0.3 is 6.36 Å². The number of carbonyl (C=O) groups excluding carboxylic acids is 1. The fourth-order valence-electron chi connectivity index (χ4n) is 5.76. The number of aromatic hydroxyl groups is 1. The Morgan fingerprint density at radius 3 is 2.73 bits per heavy atom. The lowest BCUT2D eigenvalue weighted by Gasteiger charge is -2.58.